The molecule has 23 heavy (non-hydrogen) atoms. The number of esters is 1. The minimum Gasteiger partial charge on any atom is -0.496 e. The lowest BCUT2D eigenvalue weighted by Crippen LogP contribution is -2.14. The maximum Gasteiger partial charge on any atom is 0.342 e. The topological polar surface area (TPSA) is 54.0 Å². The number of para-hydroxylation sites is 1. The summed E-state index contributed by atoms with van der Waals surface area (Å²) in [4.78, 5) is 12.3. The van der Waals surface area contributed by atoms with Crippen molar-refractivity contribution in [3.63, 3.8) is 0 Å². The Morgan fingerprint density at radius 1 is 1.30 bits per heavy atom. The Labute approximate surface area is 138 Å². The predicted octanol–water partition coefficient (Wildman–Crippen LogP) is 3.57. The van der Waals surface area contributed by atoms with Crippen LogP contribution in [0.15, 0.2) is 36.4 Å². The molecule has 0 saturated carbocycles. The number of carbonyl (C=O) groups is 1. The lowest BCUT2D eigenvalue weighted by molar-refractivity contribution is -0.0180. The normalized spacial score (nSPS) is 13.0. The molecule has 0 aliphatic carbocycles. The molecule has 0 N–H and O–H groups in total. The van der Waals surface area contributed by atoms with Gasteiger partial charge in [0.25, 0.3) is 0 Å². The first-order valence-corrected chi connectivity index (χ1v) is 7.39. The van der Waals surface area contributed by atoms with Gasteiger partial charge >= 0.3 is 5.97 Å². The summed E-state index contributed by atoms with van der Waals surface area (Å²) in [5.41, 5.74) is 1.92. The minimum absolute atomic E-state index is 0.0553. The molecular weight excluding hydrogens is 320 g/mol. The third-order valence-electron chi connectivity index (χ3n) is 3.44. The maximum absolute atomic E-state index is 12.3. The van der Waals surface area contributed by atoms with Crippen molar-refractivity contribution in [1.29, 1.82) is 0 Å². The maximum atomic E-state index is 12.3. The third-order valence-corrected chi connectivity index (χ3v) is 3.66. The predicted molar refractivity (Wildman–Crippen MR) is 83.8 cm³/mol. The van der Waals surface area contributed by atoms with Gasteiger partial charge in [-0.3, -0.25) is 0 Å². The summed E-state index contributed by atoms with van der Waals surface area (Å²) >= 11 is 6.09. The standard InChI is InChI=1S/C17H15ClO5/c1-20-15-5-3-2-4-14(15)17(19)22-9-12-7-13(18)6-11-8-21-10-23-16(11)12/h2-7H,8-10H2,1H3. The van der Waals surface area contributed by atoms with Crippen LogP contribution in [-0.2, 0) is 22.7 Å². The molecular formula is C17H15ClO5. The van der Waals surface area contributed by atoms with Gasteiger partial charge in [0.1, 0.15) is 23.7 Å². The van der Waals surface area contributed by atoms with Crippen molar-refractivity contribution in [2.45, 2.75) is 13.2 Å². The molecule has 0 atom stereocenters. The first kappa shape index (κ1) is 15.6. The van der Waals surface area contributed by atoms with Crippen LogP contribution >= 0.6 is 11.6 Å². The molecule has 1 aliphatic heterocycles. The first-order chi connectivity index (χ1) is 11.2. The fourth-order valence-corrected chi connectivity index (χ4v) is 2.66. The number of halogens is 1. The van der Waals surface area contributed by atoms with Crippen LogP contribution in [0.25, 0.3) is 0 Å². The Morgan fingerprint density at radius 2 is 2.13 bits per heavy atom. The molecule has 120 valence electrons. The largest absolute Gasteiger partial charge is 0.496 e. The zero-order chi connectivity index (χ0) is 16.2. The Kier molecular flexibility index (Phi) is 4.69. The molecule has 0 saturated heterocycles. The van der Waals surface area contributed by atoms with Crippen molar-refractivity contribution in [2.24, 2.45) is 0 Å². The van der Waals surface area contributed by atoms with Gasteiger partial charge in [0.15, 0.2) is 6.79 Å². The lowest BCUT2D eigenvalue weighted by Gasteiger charge is -2.21. The molecule has 1 aliphatic rings. The van der Waals surface area contributed by atoms with Crippen LogP contribution in [0.1, 0.15) is 21.5 Å². The van der Waals surface area contributed by atoms with E-state index in [-0.39, 0.29) is 13.4 Å². The van der Waals surface area contributed by atoms with Crippen LogP contribution < -0.4 is 9.47 Å². The zero-order valence-corrected chi connectivity index (χ0v) is 13.3. The van der Waals surface area contributed by atoms with Crippen LogP contribution in [0.5, 0.6) is 11.5 Å². The highest BCUT2D eigenvalue weighted by Gasteiger charge is 2.19. The monoisotopic (exact) mass is 334 g/mol. The Hall–Kier alpha value is -2.24. The van der Waals surface area contributed by atoms with Crippen molar-refractivity contribution in [3.8, 4) is 11.5 Å². The molecule has 0 unspecified atom stereocenters. The summed E-state index contributed by atoms with van der Waals surface area (Å²) < 4.78 is 21.3. The number of fused-ring (bicyclic) bond motifs is 1. The number of benzene rings is 2. The SMILES string of the molecule is COc1ccccc1C(=O)OCc1cc(Cl)cc2c1OCOC2. The Balaban J connectivity index is 1.78. The molecule has 0 bridgehead atoms. The van der Waals surface area contributed by atoms with Gasteiger partial charge in [-0.05, 0) is 24.3 Å². The molecule has 0 fully saturated rings. The third kappa shape index (κ3) is 3.41. The average Bonchev–Trinajstić information content (AvgIpc) is 2.59. The second-order valence-corrected chi connectivity index (χ2v) is 5.38. The smallest absolute Gasteiger partial charge is 0.342 e. The van der Waals surface area contributed by atoms with Gasteiger partial charge in [0.05, 0.1) is 13.7 Å². The summed E-state index contributed by atoms with van der Waals surface area (Å²) in [6.45, 7) is 0.644. The van der Waals surface area contributed by atoms with E-state index in [0.29, 0.717) is 34.3 Å². The molecule has 0 radical (unpaired) electrons. The molecule has 5 nitrogen and oxygen atoms in total. The molecule has 0 aromatic heterocycles. The van der Waals surface area contributed by atoms with E-state index in [2.05, 4.69) is 0 Å². The Morgan fingerprint density at radius 3 is 2.96 bits per heavy atom. The van der Waals surface area contributed by atoms with Crippen LogP contribution in [-0.4, -0.2) is 19.9 Å². The molecule has 2 aromatic carbocycles. The summed E-state index contributed by atoms with van der Waals surface area (Å²) in [6, 6.07) is 10.4. The number of hydrogen-bond acceptors (Lipinski definition) is 5. The average molecular weight is 335 g/mol. The summed E-state index contributed by atoms with van der Waals surface area (Å²) in [6.07, 6.45) is 0. The molecule has 6 heteroatoms. The van der Waals surface area contributed by atoms with Crippen LogP contribution in [0.3, 0.4) is 0 Å². The van der Waals surface area contributed by atoms with Crippen molar-refractivity contribution < 1.29 is 23.7 Å². The fourth-order valence-electron chi connectivity index (χ4n) is 2.40. The number of methoxy groups -OCH3 is 1. The highest BCUT2D eigenvalue weighted by Crippen LogP contribution is 2.32. The minimum atomic E-state index is -0.469. The van der Waals surface area contributed by atoms with Gasteiger partial charge in [-0.25, -0.2) is 4.79 Å². The van der Waals surface area contributed by atoms with Crippen molar-refractivity contribution >= 4 is 17.6 Å². The van der Waals surface area contributed by atoms with Gasteiger partial charge < -0.3 is 18.9 Å². The highest BCUT2D eigenvalue weighted by molar-refractivity contribution is 6.30. The van der Waals surface area contributed by atoms with E-state index in [1.54, 1.807) is 36.4 Å². The molecule has 3 rings (SSSR count). The number of rotatable bonds is 4. The van der Waals surface area contributed by atoms with E-state index in [1.807, 2.05) is 0 Å². The second kappa shape index (κ2) is 6.89. The first-order valence-electron chi connectivity index (χ1n) is 7.01. The van der Waals surface area contributed by atoms with Crippen molar-refractivity contribution in [3.05, 3.63) is 58.1 Å². The number of hydrogen-bond donors (Lipinski definition) is 0. The summed E-state index contributed by atoms with van der Waals surface area (Å²) in [7, 11) is 1.51. The van der Waals surface area contributed by atoms with Gasteiger partial charge in [0, 0.05) is 16.1 Å². The van der Waals surface area contributed by atoms with Crippen LogP contribution in [0.4, 0.5) is 0 Å². The highest BCUT2D eigenvalue weighted by atomic mass is 35.5. The molecule has 1 heterocycles. The number of ether oxygens (including phenoxy) is 4. The molecule has 0 amide bonds. The molecule has 2 aromatic rings. The second-order valence-electron chi connectivity index (χ2n) is 4.94. The quantitative estimate of drug-likeness (QED) is 0.800. The van der Waals surface area contributed by atoms with Gasteiger partial charge in [-0.15, -0.1) is 0 Å². The van der Waals surface area contributed by atoms with E-state index in [9.17, 15) is 4.79 Å². The number of carbonyl (C=O) groups excluding carboxylic acids is 1. The van der Waals surface area contributed by atoms with Gasteiger partial charge in [-0.1, -0.05) is 23.7 Å². The van der Waals surface area contributed by atoms with E-state index < -0.39 is 5.97 Å². The summed E-state index contributed by atoms with van der Waals surface area (Å²) in [5.74, 6) is 0.659. The van der Waals surface area contributed by atoms with Crippen molar-refractivity contribution in [1.82, 2.24) is 0 Å². The van der Waals surface area contributed by atoms with Gasteiger partial charge in [-0.2, -0.15) is 0 Å². The van der Waals surface area contributed by atoms with E-state index in [0.717, 1.165) is 5.56 Å². The zero-order valence-electron chi connectivity index (χ0n) is 12.5. The van der Waals surface area contributed by atoms with E-state index >= 15 is 0 Å². The van der Waals surface area contributed by atoms with E-state index in [1.165, 1.54) is 7.11 Å². The lowest BCUT2D eigenvalue weighted by atomic mass is 10.1. The molecule has 0 spiro atoms. The van der Waals surface area contributed by atoms with Crippen molar-refractivity contribution in [2.75, 3.05) is 13.9 Å². The Bertz CT molecular complexity index is 729. The fraction of sp³-hybridized carbons (Fsp3) is 0.235. The van der Waals surface area contributed by atoms with E-state index in [4.69, 9.17) is 30.5 Å². The van der Waals surface area contributed by atoms with Gasteiger partial charge in [0.2, 0.25) is 0 Å². The van der Waals surface area contributed by atoms with Crippen LogP contribution in [0, 0.1) is 0 Å². The summed E-state index contributed by atoms with van der Waals surface area (Å²) in [5, 5.41) is 0.543. The van der Waals surface area contributed by atoms with Crippen LogP contribution in [0.2, 0.25) is 5.02 Å².